The largest absolute Gasteiger partial charge is 0.478 e. The molecule has 0 bridgehead atoms. The molecule has 0 fully saturated rings. The van der Waals surface area contributed by atoms with Crippen LogP contribution in [0.1, 0.15) is 30.1 Å². The van der Waals surface area contributed by atoms with Crippen molar-refractivity contribution in [3.63, 3.8) is 0 Å². The average Bonchev–Trinajstić information content (AvgIpc) is 2.60. The van der Waals surface area contributed by atoms with Crippen LogP contribution in [0.4, 0.5) is 5.69 Å². The second-order valence-corrected chi connectivity index (χ2v) is 7.12. The molecular formula is C19H23NO4S. The molecule has 2 rings (SSSR count). The summed E-state index contributed by atoms with van der Waals surface area (Å²) in [6.07, 6.45) is 3.50. The molecule has 1 N–H and O–H groups in total. The lowest BCUT2D eigenvalue weighted by atomic mass is 10.1. The third-order valence-corrected chi connectivity index (χ3v) is 4.74. The molecule has 0 saturated carbocycles. The first-order chi connectivity index (χ1) is 11.9. The number of carboxylic acids is 1. The lowest BCUT2D eigenvalue weighted by molar-refractivity contribution is 0.0696. The van der Waals surface area contributed by atoms with Gasteiger partial charge in [0.05, 0.1) is 26.9 Å². The van der Waals surface area contributed by atoms with E-state index in [0.29, 0.717) is 22.1 Å². The number of carbonyl (C=O) groups is 1. The number of hydrogen-bond donors (Lipinski definition) is 1. The van der Waals surface area contributed by atoms with Crippen LogP contribution in [0.3, 0.4) is 0 Å². The van der Waals surface area contributed by atoms with Crippen molar-refractivity contribution in [3.8, 4) is 11.5 Å². The molecule has 0 spiro atoms. The molecule has 5 nitrogen and oxygen atoms in total. The van der Waals surface area contributed by atoms with E-state index in [2.05, 4.69) is 6.92 Å². The zero-order valence-corrected chi connectivity index (χ0v) is 15.5. The van der Waals surface area contributed by atoms with Gasteiger partial charge in [0.2, 0.25) is 0 Å². The molecule has 0 heterocycles. The minimum Gasteiger partial charge on any atom is -0.478 e. The first-order valence-electron chi connectivity index (χ1n) is 8.12. The van der Waals surface area contributed by atoms with Crippen molar-refractivity contribution in [1.29, 1.82) is 0 Å². The fourth-order valence-electron chi connectivity index (χ4n) is 2.43. The van der Waals surface area contributed by atoms with Gasteiger partial charge in [-0.3, -0.25) is 4.21 Å². The number of hydrogen-bond acceptors (Lipinski definition) is 4. The maximum Gasteiger partial charge on any atom is 0.335 e. The molecule has 0 aliphatic carbocycles. The van der Waals surface area contributed by atoms with Gasteiger partial charge in [-0.15, -0.1) is 0 Å². The van der Waals surface area contributed by atoms with Gasteiger partial charge in [0.25, 0.3) is 0 Å². The Morgan fingerprint density at radius 3 is 2.48 bits per heavy atom. The summed E-state index contributed by atoms with van der Waals surface area (Å²) in [5.41, 5.74) is 0.728. The Morgan fingerprint density at radius 2 is 1.92 bits per heavy atom. The van der Waals surface area contributed by atoms with E-state index in [4.69, 9.17) is 4.74 Å². The van der Waals surface area contributed by atoms with Crippen molar-refractivity contribution in [2.45, 2.75) is 24.7 Å². The molecule has 0 aliphatic heterocycles. The number of rotatable bonds is 8. The van der Waals surface area contributed by atoms with Gasteiger partial charge in [-0.05, 0) is 30.7 Å². The van der Waals surface area contributed by atoms with Gasteiger partial charge >= 0.3 is 5.97 Å². The minimum atomic E-state index is -1.39. The fourth-order valence-corrected chi connectivity index (χ4v) is 3.13. The van der Waals surface area contributed by atoms with Crippen LogP contribution in [0, 0.1) is 0 Å². The van der Waals surface area contributed by atoms with E-state index in [0.717, 1.165) is 19.4 Å². The number of unbranched alkanes of at least 4 members (excludes halogenated alkanes) is 1. The number of para-hydroxylation sites is 1. The van der Waals surface area contributed by atoms with Crippen molar-refractivity contribution in [3.05, 3.63) is 48.0 Å². The maximum absolute atomic E-state index is 12.2. The predicted octanol–water partition coefficient (Wildman–Crippen LogP) is 4.15. The molecule has 134 valence electrons. The second-order valence-electron chi connectivity index (χ2n) is 5.77. The monoisotopic (exact) mass is 361 g/mol. The molecule has 0 aliphatic rings. The predicted molar refractivity (Wildman–Crippen MR) is 100 cm³/mol. The van der Waals surface area contributed by atoms with Crippen LogP contribution in [0.25, 0.3) is 0 Å². The Kier molecular flexibility index (Phi) is 6.58. The van der Waals surface area contributed by atoms with E-state index in [1.54, 1.807) is 6.07 Å². The Morgan fingerprint density at radius 1 is 1.24 bits per heavy atom. The van der Waals surface area contributed by atoms with Gasteiger partial charge in [0.1, 0.15) is 5.75 Å². The minimum absolute atomic E-state index is 0.101. The summed E-state index contributed by atoms with van der Waals surface area (Å²) in [6.45, 7) is 2.84. The molecule has 0 saturated heterocycles. The molecule has 2 aromatic rings. The lowest BCUT2D eigenvalue weighted by Gasteiger charge is -2.24. The van der Waals surface area contributed by atoms with Gasteiger partial charge in [-0.2, -0.15) is 0 Å². The second kappa shape index (κ2) is 8.67. The van der Waals surface area contributed by atoms with Crippen LogP contribution in [0.2, 0.25) is 0 Å². The van der Waals surface area contributed by atoms with Crippen molar-refractivity contribution < 1.29 is 18.8 Å². The summed E-state index contributed by atoms with van der Waals surface area (Å²) in [5.74, 6) is 0.00107. The summed E-state index contributed by atoms with van der Waals surface area (Å²) in [7, 11) is 0.497. The van der Waals surface area contributed by atoms with Crippen LogP contribution in [-0.2, 0) is 10.8 Å². The molecule has 0 amide bonds. The molecule has 1 unspecified atom stereocenters. The third-order valence-electron chi connectivity index (χ3n) is 3.81. The van der Waals surface area contributed by atoms with Gasteiger partial charge in [-0.1, -0.05) is 31.5 Å². The van der Waals surface area contributed by atoms with Crippen molar-refractivity contribution in [2.24, 2.45) is 0 Å². The van der Waals surface area contributed by atoms with Crippen LogP contribution < -0.4 is 9.64 Å². The van der Waals surface area contributed by atoms with Crippen LogP contribution in [-0.4, -0.2) is 35.1 Å². The van der Waals surface area contributed by atoms with E-state index < -0.39 is 16.8 Å². The number of benzene rings is 2. The maximum atomic E-state index is 12.2. The molecule has 0 radical (unpaired) electrons. The highest BCUT2D eigenvalue weighted by molar-refractivity contribution is 7.84. The van der Waals surface area contributed by atoms with E-state index in [9.17, 15) is 14.1 Å². The topological polar surface area (TPSA) is 66.8 Å². The average molecular weight is 361 g/mol. The smallest absolute Gasteiger partial charge is 0.335 e. The highest BCUT2D eigenvalue weighted by atomic mass is 32.2. The van der Waals surface area contributed by atoms with E-state index in [1.165, 1.54) is 12.3 Å². The highest BCUT2D eigenvalue weighted by Gasteiger charge is 2.21. The number of ether oxygens (including phenoxy) is 1. The van der Waals surface area contributed by atoms with Gasteiger partial charge in [-0.25, -0.2) is 4.79 Å². The zero-order chi connectivity index (χ0) is 18.4. The molecule has 6 heteroatoms. The zero-order valence-electron chi connectivity index (χ0n) is 14.7. The Balaban J connectivity index is 2.58. The number of anilines is 1. The van der Waals surface area contributed by atoms with Crippen molar-refractivity contribution in [2.75, 3.05) is 24.7 Å². The molecular weight excluding hydrogens is 338 g/mol. The van der Waals surface area contributed by atoms with Crippen LogP contribution in [0.5, 0.6) is 11.5 Å². The molecule has 1 atom stereocenters. The Labute approximate surface area is 150 Å². The van der Waals surface area contributed by atoms with Crippen molar-refractivity contribution >= 4 is 22.5 Å². The first-order valence-corrected chi connectivity index (χ1v) is 9.68. The molecule has 0 aromatic heterocycles. The van der Waals surface area contributed by atoms with Gasteiger partial charge < -0.3 is 14.7 Å². The standard InChI is InChI=1S/C19H23NO4S/c1-4-5-11-20(2)16-12-14(19(21)22)13-17(25(3)23)18(16)24-15-9-7-6-8-10-15/h6-10,12-13H,4-5,11H2,1-3H3,(H,21,22). The lowest BCUT2D eigenvalue weighted by Crippen LogP contribution is -2.20. The van der Waals surface area contributed by atoms with E-state index >= 15 is 0 Å². The SMILES string of the molecule is CCCCN(C)c1cc(C(=O)O)cc(S(C)=O)c1Oc1ccccc1. The van der Waals surface area contributed by atoms with Crippen molar-refractivity contribution in [1.82, 2.24) is 0 Å². The van der Waals surface area contributed by atoms with Gasteiger partial charge in [0.15, 0.2) is 5.75 Å². The summed E-state index contributed by atoms with van der Waals surface area (Å²) >= 11 is 0. The molecule has 25 heavy (non-hydrogen) atoms. The Bertz CT molecular complexity index is 762. The summed E-state index contributed by atoms with van der Waals surface area (Å²) < 4.78 is 18.2. The third kappa shape index (κ3) is 4.82. The van der Waals surface area contributed by atoms with E-state index in [-0.39, 0.29) is 5.56 Å². The highest BCUT2D eigenvalue weighted by Crippen LogP contribution is 2.38. The Hall–Kier alpha value is -2.34. The quantitative estimate of drug-likeness (QED) is 0.765. The fraction of sp³-hybridized carbons (Fsp3) is 0.316. The van der Waals surface area contributed by atoms with Crippen LogP contribution in [0.15, 0.2) is 47.4 Å². The molecule has 2 aromatic carbocycles. The number of nitrogens with zero attached hydrogens (tertiary/aromatic N) is 1. The summed E-state index contributed by atoms with van der Waals surface area (Å²) in [5, 5.41) is 9.40. The summed E-state index contributed by atoms with van der Waals surface area (Å²) in [6, 6.07) is 12.2. The number of carboxylic acid groups (broad SMARTS) is 1. The number of aromatic carboxylic acids is 1. The summed E-state index contributed by atoms with van der Waals surface area (Å²) in [4.78, 5) is 13.8. The van der Waals surface area contributed by atoms with Crippen LogP contribution >= 0.6 is 0 Å². The van der Waals surface area contributed by atoms with E-state index in [1.807, 2.05) is 42.3 Å². The first kappa shape index (κ1) is 19.0. The normalized spacial score (nSPS) is 11.8. The van der Waals surface area contributed by atoms with Gasteiger partial charge in [0, 0.05) is 19.8 Å².